The van der Waals surface area contributed by atoms with E-state index >= 15 is 0 Å². The summed E-state index contributed by atoms with van der Waals surface area (Å²) in [4.78, 5) is 0. The first-order valence-corrected chi connectivity index (χ1v) is 8.86. The lowest BCUT2D eigenvalue weighted by atomic mass is 10.0. The van der Waals surface area contributed by atoms with Crippen molar-refractivity contribution in [3.8, 4) is 0 Å². The number of rotatable bonds is 4. The van der Waals surface area contributed by atoms with Crippen LogP contribution < -0.4 is 5.32 Å². The van der Waals surface area contributed by atoms with Gasteiger partial charge in [0.25, 0.3) is 0 Å². The molecule has 1 saturated heterocycles. The Kier molecular flexibility index (Phi) is 6.21. The smallest absolute Gasteiger partial charge is 0.349 e. The molecule has 0 unspecified atom stereocenters. The lowest BCUT2D eigenvalue weighted by Crippen LogP contribution is -2.48. The zero-order chi connectivity index (χ0) is 21.2. The predicted molar refractivity (Wildman–Crippen MR) is 92.8 cm³/mol. The van der Waals surface area contributed by atoms with Gasteiger partial charge >= 0.3 is 12.4 Å². The number of halogens is 6. The largest absolute Gasteiger partial charge is 0.416 e. The lowest BCUT2D eigenvalue weighted by Gasteiger charge is -2.36. The third-order valence-corrected chi connectivity index (χ3v) is 4.47. The Labute approximate surface area is 163 Å². The molecule has 9 heteroatoms. The van der Waals surface area contributed by atoms with Gasteiger partial charge < -0.3 is 14.8 Å². The summed E-state index contributed by atoms with van der Waals surface area (Å²) < 4.78 is 89.3. The molecule has 29 heavy (non-hydrogen) atoms. The van der Waals surface area contributed by atoms with Gasteiger partial charge in [-0.05, 0) is 36.2 Å². The highest BCUT2D eigenvalue weighted by Crippen LogP contribution is 2.36. The number of hydrogen-bond acceptors (Lipinski definition) is 3. The van der Waals surface area contributed by atoms with E-state index in [1.807, 2.05) is 37.3 Å². The molecule has 0 amide bonds. The average Bonchev–Trinajstić information content (AvgIpc) is 2.66. The summed E-state index contributed by atoms with van der Waals surface area (Å²) in [6.07, 6.45) is -10.7. The van der Waals surface area contributed by atoms with Crippen molar-refractivity contribution in [3.63, 3.8) is 0 Å². The van der Waals surface area contributed by atoms with Crippen molar-refractivity contribution in [2.75, 3.05) is 6.61 Å². The van der Waals surface area contributed by atoms with Crippen molar-refractivity contribution in [2.45, 2.75) is 44.3 Å². The van der Waals surface area contributed by atoms with Gasteiger partial charge in [-0.25, -0.2) is 0 Å². The Morgan fingerprint density at radius 3 is 2.10 bits per heavy atom. The normalized spacial score (nSPS) is 23.2. The second kappa shape index (κ2) is 8.33. The van der Waals surface area contributed by atoms with Gasteiger partial charge in [0.05, 0.1) is 30.4 Å². The van der Waals surface area contributed by atoms with Crippen LogP contribution >= 0.6 is 0 Å². The zero-order valence-corrected chi connectivity index (χ0v) is 15.3. The molecule has 3 rings (SSSR count). The molecule has 1 N–H and O–H groups in total. The summed E-state index contributed by atoms with van der Waals surface area (Å²) in [5, 5.41) is 3.28. The zero-order valence-electron chi connectivity index (χ0n) is 15.3. The fourth-order valence-corrected chi connectivity index (χ4v) is 3.11. The Hall–Kier alpha value is -2.10. The maximum atomic E-state index is 13.0. The van der Waals surface area contributed by atoms with Gasteiger partial charge in [-0.2, -0.15) is 26.3 Å². The minimum absolute atomic E-state index is 0.00504. The lowest BCUT2D eigenvalue weighted by molar-refractivity contribution is -0.192. The average molecular weight is 419 g/mol. The summed E-state index contributed by atoms with van der Waals surface area (Å²) >= 11 is 0. The molecule has 0 aromatic heterocycles. The highest BCUT2D eigenvalue weighted by atomic mass is 19.4. The summed E-state index contributed by atoms with van der Waals surface area (Å²) in [5.41, 5.74) is -2.14. The molecule has 0 spiro atoms. The molecule has 1 aliphatic heterocycles. The number of ether oxygens (including phenoxy) is 2. The monoisotopic (exact) mass is 419 g/mol. The molecule has 3 nitrogen and oxygen atoms in total. The van der Waals surface area contributed by atoms with Crippen LogP contribution in [-0.2, 0) is 28.4 Å². The standard InChI is InChI=1S/C20H19F6NO2/c1-12-10-28-18(17(27-12)14-5-3-2-4-6-14)29-11-13-7-15(19(21,22)23)9-16(8-13)20(24,25)26/h2-9,12,17-18,27H,10-11H2,1H3/t12-,17-,18+/m0/s1. The maximum Gasteiger partial charge on any atom is 0.416 e. The van der Waals surface area contributed by atoms with E-state index in [0.717, 1.165) is 5.56 Å². The highest BCUT2D eigenvalue weighted by Gasteiger charge is 2.37. The number of morpholine rings is 1. The molecule has 2 aromatic carbocycles. The van der Waals surface area contributed by atoms with Crippen LogP contribution in [0.1, 0.15) is 35.2 Å². The minimum atomic E-state index is -4.90. The van der Waals surface area contributed by atoms with E-state index in [2.05, 4.69) is 5.32 Å². The Morgan fingerprint density at radius 1 is 0.966 bits per heavy atom. The van der Waals surface area contributed by atoms with Gasteiger partial charge in [-0.3, -0.25) is 0 Å². The Balaban J connectivity index is 1.82. The quantitative estimate of drug-likeness (QED) is 0.681. The van der Waals surface area contributed by atoms with E-state index in [-0.39, 0.29) is 17.7 Å². The molecular weight excluding hydrogens is 400 g/mol. The van der Waals surface area contributed by atoms with Crippen LogP contribution in [0.4, 0.5) is 26.3 Å². The van der Waals surface area contributed by atoms with Crippen LogP contribution in [0.25, 0.3) is 0 Å². The molecule has 0 saturated carbocycles. The maximum absolute atomic E-state index is 13.0. The highest BCUT2D eigenvalue weighted by molar-refractivity contribution is 5.33. The van der Waals surface area contributed by atoms with Gasteiger partial charge in [-0.1, -0.05) is 30.3 Å². The topological polar surface area (TPSA) is 30.5 Å². The SMILES string of the molecule is C[C@H]1CO[C@H](OCc2cc(C(F)(F)F)cc(C(F)(F)F)c2)[C@H](c2ccccc2)N1. The third-order valence-electron chi connectivity index (χ3n) is 4.47. The molecule has 1 aliphatic rings. The predicted octanol–water partition coefficient (Wildman–Crippen LogP) is 5.32. The Morgan fingerprint density at radius 2 is 1.55 bits per heavy atom. The number of hydrogen-bond donors (Lipinski definition) is 1. The van der Waals surface area contributed by atoms with Crippen molar-refractivity contribution in [1.29, 1.82) is 0 Å². The van der Waals surface area contributed by atoms with Gasteiger partial charge in [-0.15, -0.1) is 0 Å². The van der Waals surface area contributed by atoms with Crippen molar-refractivity contribution >= 4 is 0 Å². The number of nitrogens with one attached hydrogen (secondary N) is 1. The van der Waals surface area contributed by atoms with E-state index in [0.29, 0.717) is 18.7 Å². The van der Waals surface area contributed by atoms with Crippen molar-refractivity contribution < 1.29 is 35.8 Å². The van der Waals surface area contributed by atoms with Gasteiger partial charge in [0.1, 0.15) is 0 Å². The van der Waals surface area contributed by atoms with Gasteiger partial charge in [0.15, 0.2) is 6.29 Å². The van der Waals surface area contributed by atoms with Crippen LogP contribution in [-0.4, -0.2) is 18.9 Å². The summed E-state index contributed by atoms with van der Waals surface area (Å²) in [6, 6.07) is 10.1. The van der Waals surface area contributed by atoms with Crippen LogP contribution in [0.3, 0.4) is 0 Å². The van der Waals surface area contributed by atoms with E-state index in [1.165, 1.54) is 0 Å². The minimum Gasteiger partial charge on any atom is -0.349 e. The first-order valence-electron chi connectivity index (χ1n) is 8.86. The van der Waals surface area contributed by atoms with E-state index in [1.54, 1.807) is 0 Å². The van der Waals surface area contributed by atoms with Gasteiger partial charge in [0.2, 0.25) is 0 Å². The van der Waals surface area contributed by atoms with Crippen LogP contribution in [0.15, 0.2) is 48.5 Å². The Bertz CT molecular complexity index is 790. The summed E-state index contributed by atoms with van der Waals surface area (Å²) in [7, 11) is 0. The van der Waals surface area contributed by atoms with Crippen LogP contribution in [0, 0.1) is 0 Å². The fourth-order valence-electron chi connectivity index (χ4n) is 3.11. The number of alkyl halides is 6. The summed E-state index contributed by atoms with van der Waals surface area (Å²) in [6.45, 7) is 1.73. The van der Waals surface area contributed by atoms with Crippen molar-refractivity contribution in [2.24, 2.45) is 0 Å². The number of benzene rings is 2. The third kappa shape index (κ3) is 5.49. The first-order chi connectivity index (χ1) is 13.5. The second-order valence-corrected chi connectivity index (χ2v) is 6.88. The summed E-state index contributed by atoms with van der Waals surface area (Å²) in [5.74, 6) is 0. The van der Waals surface area contributed by atoms with E-state index < -0.39 is 42.4 Å². The molecule has 3 atom stereocenters. The molecule has 0 radical (unpaired) electrons. The molecule has 0 aliphatic carbocycles. The second-order valence-electron chi connectivity index (χ2n) is 6.88. The van der Waals surface area contributed by atoms with Crippen LogP contribution in [0.2, 0.25) is 0 Å². The van der Waals surface area contributed by atoms with Crippen molar-refractivity contribution in [3.05, 3.63) is 70.8 Å². The molecule has 2 aromatic rings. The fraction of sp³-hybridized carbons (Fsp3) is 0.400. The molecular formula is C20H19F6NO2. The van der Waals surface area contributed by atoms with E-state index in [9.17, 15) is 26.3 Å². The molecule has 158 valence electrons. The van der Waals surface area contributed by atoms with Crippen molar-refractivity contribution in [1.82, 2.24) is 5.32 Å². The molecule has 1 heterocycles. The van der Waals surface area contributed by atoms with Gasteiger partial charge in [0, 0.05) is 6.04 Å². The van der Waals surface area contributed by atoms with E-state index in [4.69, 9.17) is 9.47 Å². The molecule has 0 bridgehead atoms. The molecule has 1 fully saturated rings. The first kappa shape index (κ1) is 21.6. The van der Waals surface area contributed by atoms with Crippen LogP contribution in [0.5, 0.6) is 0 Å².